The van der Waals surface area contributed by atoms with Crippen LogP contribution in [-0.2, 0) is 0 Å². The van der Waals surface area contributed by atoms with Crippen LogP contribution in [0, 0.1) is 5.92 Å². The number of piperidine rings is 2. The topological polar surface area (TPSA) is 18.5 Å². The van der Waals surface area contributed by atoms with Gasteiger partial charge in [0.1, 0.15) is 0 Å². The number of nitrogens with zero attached hydrogens (tertiary/aromatic N) is 2. The molecule has 0 aliphatic carbocycles. The van der Waals surface area contributed by atoms with Crippen LogP contribution in [0.15, 0.2) is 0 Å². The largest absolute Gasteiger partial charge is 0.314 e. The number of nitrogens with one attached hydrogen (secondary N) is 1. The SMILES string of the molecule is CC(CNC(C)C)CN1CCC(N2CCCCC2)CC1. The van der Waals surface area contributed by atoms with Gasteiger partial charge in [0.25, 0.3) is 0 Å². The Morgan fingerprint density at radius 2 is 1.60 bits per heavy atom. The molecule has 2 aliphatic rings. The van der Waals surface area contributed by atoms with Crippen molar-refractivity contribution in [3.8, 4) is 0 Å². The number of likely N-dealkylation sites (tertiary alicyclic amines) is 2. The van der Waals surface area contributed by atoms with E-state index in [0.717, 1.165) is 18.5 Å². The fourth-order valence-corrected chi connectivity index (χ4v) is 3.69. The Bertz CT molecular complexity index is 253. The Labute approximate surface area is 126 Å². The van der Waals surface area contributed by atoms with Crippen LogP contribution in [0.25, 0.3) is 0 Å². The minimum atomic E-state index is 0.613. The second-order valence-electron chi connectivity index (χ2n) is 7.30. The molecule has 118 valence electrons. The van der Waals surface area contributed by atoms with Crippen molar-refractivity contribution in [3.05, 3.63) is 0 Å². The molecular formula is C17H35N3. The molecule has 3 heteroatoms. The summed E-state index contributed by atoms with van der Waals surface area (Å²) in [5.74, 6) is 0.768. The second-order valence-corrected chi connectivity index (χ2v) is 7.30. The molecule has 2 fully saturated rings. The summed E-state index contributed by atoms with van der Waals surface area (Å²) in [5, 5.41) is 3.56. The molecule has 0 aromatic rings. The maximum Gasteiger partial charge on any atom is 0.0120 e. The van der Waals surface area contributed by atoms with Crippen LogP contribution in [0.3, 0.4) is 0 Å². The highest BCUT2D eigenvalue weighted by molar-refractivity contribution is 4.82. The van der Waals surface area contributed by atoms with Crippen LogP contribution < -0.4 is 5.32 Å². The summed E-state index contributed by atoms with van der Waals surface area (Å²) >= 11 is 0. The van der Waals surface area contributed by atoms with Crippen molar-refractivity contribution >= 4 is 0 Å². The van der Waals surface area contributed by atoms with Crippen LogP contribution in [0.5, 0.6) is 0 Å². The summed E-state index contributed by atoms with van der Waals surface area (Å²) in [6, 6.07) is 1.50. The zero-order chi connectivity index (χ0) is 14.4. The van der Waals surface area contributed by atoms with Gasteiger partial charge in [0, 0.05) is 18.6 Å². The van der Waals surface area contributed by atoms with E-state index in [-0.39, 0.29) is 0 Å². The van der Waals surface area contributed by atoms with Crippen molar-refractivity contribution in [2.24, 2.45) is 5.92 Å². The van der Waals surface area contributed by atoms with Gasteiger partial charge in [-0.1, -0.05) is 27.2 Å². The summed E-state index contributed by atoms with van der Waals surface area (Å²) in [5.41, 5.74) is 0. The molecule has 1 unspecified atom stereocenters. The number of hydrogen-bond acceptors (Lipinski definition) is 3. The average molecular weight is 281 g/mol. The lowest BCUT2D eigenvalue weighted by atomic mass is 9.99. The minimum Gasteiger partial charge on any atom is -0.314 e. The van der Waals surface area contributed by atoms with E-state index in [0.29, 0.717) is 6.04 Å². The Kier molecular flexibility index (Phi) is 6.79. The first-order valence-electron chi connectivity index (χ1n) is 8.85. The third-order valence-electron chi connectivity index (χ3n) is 4.91. The Morgan fingerprint density at radius 1 is 0.950 bits per heavy atom. The highest BCUT2D eigenvalue weighted by atomic mass is 15.2. The summed E-state index contributed by atoms with van der Waals surface area (Å²) in [7, 11) is 0. The molecule has 1 N–H and O–H groups in total. The summed E-state index contributed by atoms with van der Waals surface area (Å²) < 4.78 is 0. The standard InChI is InChI=1S/C17H35N3/c1-15(2)18-13-16(3)14-19-11-7-17(8-12-19)20-9-5-4-6-10-20/h15-18H,4-14H2,1-3H3. The normalized spacial score (nSPS) is 25.2. The molecule has 3 nitrogen and oxygen atoms in total. The maximum atomic E-state index is 3.56. The van der Waals surface area contributed by atoms with Gasteiger partial charge in [0.2, 0.25) is 0 Å². The van der Waals surface area contributed by atoms with Crippen LogP contribution in [0.1, 0.15) is 52.9 Å². The van der Waals surface area contributed by atoms with Crippen molar-refractivity contribution in [1.82, 2.24) is 15.1 Å². The van der Waals surface area contributed by atoms with Crippen molar-refractivity contribution in [2.45, 2.75) is 65.0 Å². The first-order chi connectivity index (χ1) is 9.65. The Hall–Kier alpha value is -0.120. The molecule has 0 aromatic heterocycles. The summed E-state index contributed by atoms with van der Waals surface area (Å²) in [6.07, 6.45) is 7.10. The van der Waals surface area contributed by atoms with Gasteiger partial charge in [-0.15, -0.1) is 0 Å². The molecule has 0 amide bonds. The quantitative estimate of drug-likeness (QED) is 0.807. The Balaban J connectivity index is 1.63. The second kappa shape index (κ2) is 8.35. The van der Waals surface area contributed by atoms with Crippen LogP contribution >= 0.6 is 0 Å². The zero-order valence-corrected chi connectivity index (χ0v) is 13.9. The third kappa shape index (κ3) is 5.34. The maximum absolute atomic E-state index is 3.56. The van der Waals surface area contributed by atoms with E-state index in [9.17, 15) is 0 Å². The molecule has 2 rings (SSSR count). The first kappa shape index (κ1) is 16.3. The number of rotatable bonds is 6. The van der Waals surface area contributed by atoms with Crippen LogP contribution in [0.4, 0.5) is 0 Å². The molecule has 2 aliphatic heterocycles. The molecule has 0 spiro atoms. The fraction of sp³-hybridized carbons (Fsp3) is 1.00. The van der Waals surface area contributed by atoms with Gasteiger partial charge in [0.05, 0.1) is 0 Å². The van der Waals surface area contributed by atoms with Gasteiger partial charge in [-0.05, 0) is 64.3 Å². The molecule has 0 radical (unpaired) electrons. The molecule has 0 saturated carbocycles. The van der Waals surface area contributed by atoms with Gasteiger partial charge < -0.3 is 15.1 Å². The van der Waals surface area contributed by atoms with Crippen LogP contribution in [0.2, 0.25) is 0 Å². The lowest BCUT2D eigenvalue weighted by molar-refractivity contribution is 0.0863. The van der Waals surface area contributed by atoms with E-state index in [4.69, 9.17) is 0 Å². The fourth-order valence-electron chi connectivity index (χ4n) is 3.69. The molecule has 20 heavy (non-hydrogen) atoms. The number of hydrogen-bond donors (Lipinski definition) is 1. The van der Waals surface area contributed by atoms with E-state index in [2.05, 4.69) is 35.9 Å². The van der Waals surface area contributed by atoms with E-state index in [1.807, 2.05) is 0 Å². The van der Waals surface area contributed by atoms with E-state index in [1.54, 1.807) is 0 Å². The molecular weight excluding hydrogens is 246 g/mol. The molecule has 2 heterocycles. The summed E-state index contributed by atoms with van der Waals surface area (Å²) in [6.45, 7) is 14.6. The monoisotopic (exact) mass is 281 g/mol. The molecule has 0 bridgehead atoms. The van der Waals surface area contributed by atoms with Gasteiger partial charge >= 0.3 is 0 Å². The third-order valence-corrected chi connectivity index (χ3v) is 4.91. The highest BCUT2D eigenvalue weighted by Gasteiger charge is 2.25. The zero-order valence-electron chi connectivity index (χ0n) is 13.9. The van der Waals surface area contributed by atoms with E-state index >= 15 is 0 Å². The smallest absolute Gasteiger partial charge is 0.0120 e. The van der Waals surface area contributed by atoms with Gasteiger partial charge in [-0.2, -0.15) is 0 Å². The average Bonchev–Trinajstić information content (AvgIpc) is 2.47. The summed E-state index contributed by atoms with van der Waals surface area (Å²) in [4.78, 5) is 5.46. The molecule has 1 atom stereocenters. The first-order valence-corrected chi connectivity index (χ1v) is 8.85. The van der Waals surface area contributed by atoms with Gasteiger partial charge in [0.15, 0.2) is 0 Å². The molecule has 0 aromatic carbocycles. The predicted octanol–water partition coefficient (Wildman–Crippen LogP) is 2.57. The van der Waals surface area contributed by atoms with E-state index < -0.39 is 0 Å². The molecule has 2 saturated heterocycles. The Morgan fingerprint density at radius 3 is 2.20 bits per heavy atom. The lowest BCUT2D eigenvalue weighted by Gasteiger charge is -2.40. The van der Waals surface area contributed by atoms with Crippen molar-refractivity contribution in [3.63, 3.8) is 0 Å². The lowest BCUT2D eigenvalue weighted by Crippen LogP contribution is -2.48. The highest BCUT2D eigenvalue weighted by Crippen LogP contribution is 2.21. The van der Waals surface area contributed by atoms with Gasteiger partial charge in [-0.25, -0.2) is 0 Å². The van der Waals surface area contributed by atoms with Crippen molar-refractivity contribution in [1.29, 1.82) is 0 Å². The predicted molar refractivity (Wildman–Crippen MR) is 87.2 cm³/mol. The van der Waals surface area contributed by atoms with Crippen molar-refractivity contribution < 1.29 is 0 Å². The van der Waals surface area contributed by atoms with Gasteiger partial charge in [-0.3, -0.25) is 0 Å². The van der Waals surface area contributed by atoms with Crippen molar-refractivity contribution in [2.75, 3.05) is 39.3 Å². The van der Waals surface area contributed by atoms with E-state index in [1.165, 1.54) is 64.8 Å². The minimum absolute atomic E-state index is 0.613. The van der Waals surface area contributed by atoms with Crippen LogP contribution in [-0.4, -0.2) is 61.2 Å².